The van der Waals surface area contributed by atoms with Crippen molar-refractivity contribution in [3.05, 3.63) is 93.7 Å². The van der Waals surface area contributed by atoms with Gasteiger partial charge in [0, 0.05) is 85.1 Å². The summed E-state index contributed by atoms with van der Waals surface area (Å²) in [5.74, 6) is -1.41. The lowest BCUT2D eigenvalue weighted by Crippen LogP contribution is -2.58. The molecule has 0 aliphatic carbocycles. The summed E-state index contributed by atoms with van der Waals surface area (Å²) in [6, 6.07) is 16.9. The fraction of sp³-hybridized carbons (Fsp3) is 0.460. The molecule has 360 valence electrons. The minimum atomic E-state index is -2.74. The number of carbonyl (C=O) groups excluding carboxylic acids is 2. The average molecular weight is 1010 g/mol. The van der Waals surface area contributed by atoms with Crippen LogP contribution in [0, 0.1) is 24.5 Å². The smallest absolute Gasteiger partial charge is 0.234 e. The molecule has 0 spiro atoms. The number of anilines is 5. The Morgan fingerprint density at radius 2 is 1.62 bits per heavy atom. The first kappa shape index (κ1) is 48.0. The summed E-state index contributed by atoms with van der Waals surface area (Å²) in [5, 5.41) is 14.2. The quantitative estimate of drug-likeness (QED) is 0.0663. The van der Waals surface area contributed by atoms with Crippen LogP contribution in [0.4, 0.5) is 37.6 Å². The number of carbonyl (C=O) groups is 2. The van der Waals surface area contributed by atoms with E-state index in [1.807, 2.05) is 36.1 Å². The Kier molecular flexibility index (Phi) is 14.2. The highest BCUT2D eigenvalue weighted by molar-refractivity contribution is 9.10. The molecule has 3 aromatic carbocycles. The summed E-state index contributed by atoms with van der Waals surface area (Å²) in [5.41, 5.74) is 4.44. The molecule has 4 aliphatic rings. The summed E-state index contributed by atoms with van der Waals surface area (Å²) in [6.45, 7) is 13.6. The number of nitrogens with zero attached hydrogens (tertiary/aromatic N) is 6. The second kappa shape index (κ2) is 20.1. The van der Waals surface area contributed by atoms with Crippen LogP contribution in [-0.2, 0) is 19.7 Å². The van der Waals surface area contributed by atoms with Gasteiger partial charge in [-0.2, -0.15) is 4.98 Å². The molecule has 1 atom stereocenters. The maximum atomic E-state index is 15.3. The predicted molar refractivity (Wildman–Crippen MR) is 268 cm³/mol. The summed E-state index contributed by atoms with van der Waals surface area (Å²) in [4.78, 5) is 45.3. The van der Waals surface area contributed by atoms with Gasteiger partial charge in [-0.1, -0.05) is 12.1 Å². The van der Waals surface area contributed by atoms with Gasteiger partial charge >= 0.3 is 0 Å². The number of fused-ring (bicyclic) bond motifs is 1. The number of hydrogen-bond acceptors (Lipinski definition) is 13. The first-order chi connectivity index (χ1) is 32.7. The van der Waals surface area contributed by atoms with Gasteiger partial charge in [0.15, 0.2) is 0 Å². The third-order valence-corrected chi connectivity index (χ3v) is 16.5. The Morgan fingerprint density at radius 3 is 2.31 bits per heavy atom. The van der Waals surface area contributed by atoms with Gasteiger partial charge in [0.2, 0.25) is 17.8 Å². The van der Waals surface area contributed by atoms with E-state index in [-0.39, 0.29) is 23.9 Å². The van der Waals surface area contributed by atoms with E-state index in [0.29, 0.717) is 52.4 Å². The average Bonchev–Trinajstić information content (AvgIpc) is 3.32. The van der Waals surface area contributed by atoms with Gasteiger partial charge in [-0.15, -0.1) is 0 Å². The molecule has 0 bridgehead atoms. The first-order valence-corrected chi connectivity index (χ1v) is 27.1. The van der Waals surface area contributed by atoms with Gasteiger partial charge in [-0.05, 0) is 148 Å². The SMILES string of the molecule is COc1cc(C2(N3CCN(CCC4CCN(c5cc(F)c(C6CCC(=O)NC6=O)c(F)c5)CC4)CC3)CCNCC2)ccc1Nc1ncc(Br)c(Nc2ccc3nc(C)ccc3c2P(C)(C)=O)n1. The van der Waals surface area contributed by atoms with Crippen LogP contribution in [0.1, 0.15) is 67.7 Å². The summed E-state index contributed by atoms with van der Waals surface area (Å²) < 4.78 is 51.0. The van der Waals surface area contributed by atoms with Crippen LogP contribution in [0.2, 0.25) is 0 Å². The largest absolute Gasteiger partial charge is 0.495 e. The molecule has 9 rings (SSSR count). The molecule has 68 heavy (non-hydrogen) atoms. The molecule has 14 nitrogen and oxygen atoms in total. The lowest BCUT2D eigenvalue weighted by Gasteiger charge is -2.50. The molecule has 4 saturated heterocycles. The van der Waals surface area contributed by atoms with E-state index < -0.39 is 36.5 Å². The highest BCUT2D eigenvalue weighted by Gasteiger charge is 2.41. The van der Waals surface area contributed by atoms with Gasteiger partial charge in [-0.3, -0.25) is 24.8 Å². The number of ether oxygens (including phenoxy) is 1. The van der Waals surface area contributed by atoms with Gasteiger partial charge in [-0.25, -0.2) is 13.8 Å². The lowest BCUT2D eigenvalue weighted by molar-refractivity contribution is -0.134. The van der Waals surface area contributed by atoms with Gasteiger partial charge in [0.05, 0.1) is 34.4 Å². The fourth-order valence-electron chi connectivity index (χ4n) is 10.7. The van der Waals surface area contributed by atoms with Crippen LogP contribution >= 0.6 is 23.1 Å². The van der Waals surface area contributed by atoms with Crippen molar-refractivity contribution in [1.29, 1.82) is 0 Å². The highest BCUT2D eigenvalue weighted by atomic mass is 79.9. The third kappa shape index (κ3) is 10.1. The first-order valence-electron chi connectivity index (χ1n) is 23.7. The number of amides is 2. The number of aromatic nitrogens is 3. The topological polar surface area (TPSA) is 157 Å². The van der Waals surface area contributed by atoms with Crippen LogP contribution < -0.4 is 36.2 Å². The summed E-state index contributed by atoms with van der Waals surface area (Å²) in [7, 11) is -1.06. The van der Waals surface area contributed by atoms with Crippen molar-refractivity contribution in [2.24, 2.45) is 5.92 Å². The molecule has 4 fully saturated rings. The molecule has 2 aromatic heterocycles. The highest BCUT2D eigenvalue weighted by Crippen LogP contribution is 2.44. The van der Waals surface area contributed by atoms with Crippen molar-refractivity contribution in [3.63, 3.8) is 0 Å². The number of hydrogen-bond donors (Lipinski definition) is 4. The number of imide groups is 1. The Bertz CT molecular complexity index is 2730. The molecule has 5 aromatic rings. The Hall–Kier alpha value is -5.06. The van der Waals surface area contributed by atoms with Crippen LogP contribution in [0.5, 0.6) is 5.75 Å². The molecule has 2 amide bonds. The maximum absolute atomic E-state index is 15.3. The minimum Gasteiger partial charge on any atom is -0.495 e. The predicted octanol–water partition coefficient (Wildman–Crippen LogP) is 8.14. The lowest BCUT2D eigenvalue weighted by atomic mass is 9.79. The van der Waals surface area contributed by atoms with E-state index in [1.54, 1.807) is 26.6 Å². The number of benzene rings is 3. The van der Waals surface area contributed by atoms with Crippen molar-refractivity contribution in [2.75, 3.05) is 94.9 Å². The monoisotopic (exact) mass is 1010 g/mol. The molecular formula is C50H60BrF2N10O4P. The van der Waals surface area contributed by atoms with Crippen LogP contribution in [-0.4, -0.2) is 116 Å². The molecule has 4 aliphatic heterocycles. The van der Waals surface area contributed by atoms with Crippen LogP contribution in [0.3, 0.4) is 0 Å². The third-order valence-electron chi connectivity index (χ3n) is 14.4. The zero-order valence-corrected chi connectivity index (χ0v) is 41.6. The van der Waals surface area contributed by atoms with Crippen molar-refractivity contribution >= 4 is 79.9 Å². The zero-order chi connectivity index (χ0) is 47.7. The number of halogens is 3. The van der Waals surface area contributed by atoms with Crippen molar-refractivity contribution < 1.29 is 27.7 Å². The van der Waals surface area contributed by atoms with Crippen molar-refractivity contribution in [1.82, 2.24) is 35.4 Å². The second-order valence-electron chi connectivity index (χ2n) is 19.0. The minimum absolute atomic E-state index is 0.0639. The normalized spacial score (nSPS) is 19.8. The number of rotatable bonds is 13. The summed E-state index contributed by atoms with van der Waals surface area (Å²) in [6.07, 6.45) is 6.78. The molecule has 1 unspecified atom stereocenters. The molecule has 0 radical (unpaired) electrons. The molecule has 4 N–H and O–H groups in total. The van der Waals surface area contributed by atoms with E-state index >= 15 is 8.78 Å². The fourth-order valence-corrected chi connectivity index (χ4v) is 12.5. The van der Waals surface area contributed by atoms with Crippen molar-refractivity contribution in [3.8, 4) is 5.75 Å². The summed E-state index contributed by atoms with van der Waals surface area (Å²) >= 11 is 3.62. The second-order valence-corrected chi connectivity index (χ2v) is 23.0. The van der Waals surface area contributed by atoms with E-state index in [9.17, 15) is 14.2 Å². The van der Waals surface area contributed by atoms with Crippen molar-refractivity contribution in [2.45, 2.75) is 63.3 Å². The molecule has 18 heteroatoms. The number of aryl methyl sites for hydroxylation is 1. The van der Waals surface area contributed by atoms with Crippen LogP contribution in [0.15, 0.2) is 65.3 Å². The Morgan fingerprint density at radius 1 is 0.897 bits per heavy atom. The zero-order valence-electron chi connectivity index (χ0n) is 39.1. The molecule has 0 saturated carbocycles. The molecule has 6 heterocycles. The number of methoxy groups -OCH3 is 1. The maximum Gasteiger partial charge on any atom is 0.234 e. The van der Waals surface area contributed by atoms with E-state index in [2.05, 4.69) is 75.2 Å². The van der Waals surface area contributed by atoms with Gasteiger partial charge in [0.1, 0.15) is 30.3 Å². The van der Waals surface area contributed by atoms with Crippen LogP contribution in [0.25, 0.3) is 10.9 Å². The standard InChI is InChI=1S/C50H60BrF2N10O4P/c1-31-5-7-35-40(56-31)10-11-42(46(35)68(3,4)66)57-47-37(51)30-55-49(60-47)58-41-9-6-33(27-43(41)67-2)50(16-18-54-19-17-50)63-25-23-61(24-26-63)20-13-32-14-21-62(22-15-32)34-28-38(52)45(39(53)29-34)36-8-12-44(64)59-48(36)65/h5-7,9-11,27-30,32,36,54H,8,12-26H2,1-4H3,(H,59,64,65)(H2,55,57,58,60). The van der Waals surface area contributed by atoms with E-state index in [4.69, 9.17) is 9.72 Å². The molecular weight excluding hydrogens is 953 g/mol. The number of piperidine rings is 3. The number of piperazine rings is 1. The van der Waals surface area contributed by atoms with E-state index in [1.165, 1.54) is 17.7 Å². The Labute approximate surface area is 404 Å². The van der Waals surface area contributed by atoms with Gasteiger partial charge < -0.3 is 35.1 Å². The Balaban J connectivity index is 0.818. The number of pyridine rings is 1. The number of nitrogens with one attached hydrogen (secondary N) is 4. The van der Waals surface area contributed by atoms with E-state index in [0.717, 1.165) is 106 Å². The van der Waals surface area contributed by atoms with Gasteiger partial charge in [0.25, 0.3) is 0 Å².